The maximum absolute atomic E-state index is 12.7. The number of ketones is 1. The number of thioether (sulfide) groups is 1. The number of aryl methyl sites for hydroxylation is 2. The molecule has 0 atom stereocenters. The minimum atomic E-state index is -3.24. The molecule has 12 heteroatoms. The second-order valence-electron chi connectivity index (χ2n) is 6.44. The molecule has 3 aromatic rings. The molecule has 0 aliphatic rings. The lowest BCUT2D eigenvalue weighted by atomic mass is 10.1. The topological polar surface area (TPSA) is 73.3 Å². The molecule has 1 aromatic heterocycles. The second kappa shape index (κ2) is 10.6. The van der Waals surface area contributed by atoms with Gasteiger partial charge in [0.05, 0.1) is 11.3 Å². The largest absolute Gasteiger partial charge is 0.435 e. The van der Waals surface area contributed by atoms with Crippen LogP contribution in [0.4, 0.5) is 28.4 Å². The highest BCUT2D eigenvalue weighted by molar-refractivity contribution is 8.01. The Morgan fingerprint density at radius 1 is 1.06 bits per heavy atom. The molecule has 0 radical (unpaired) electrons. The van der Waals surface area contributed by atoms with E-state index in [2.05, 4.69) is 25.0 Å². The Balaban J connectivity index is 1.66. The monoisotopic (exact) mass is 487 g/mol. The average Bonchev–Trinajstić information content (AvgIpc) is 3.15. The van der Waals surface area contributed by atoms with Crippen molar-refractivity contribution in [3.63, 3.8) is 0 Å². The number of aromatic nitrogens is 2. The van der Waals surface area contributed by atoms with Gasteiger partial charge in [-0.1, -0.05) is 40.8 Å². The Labute approximate surface area is 189 Å². The van der Waals surface area contributed by atoms with Crippen LogP contribution in [0.5, 0.6) is 11.5 Å². The minimum absolute atomic E-state index is 0.146. The molecule has 0 fully saturated rings. The van der Waals surface area contributed by atoms with E-state index in [1.165, 1.54) is 11.3 Å². The van der Waals surface area contributed by atoms with Gasteiger partial charge in [0, 0.05) is 11.8 Å². The second-order valence-corrected chi connectivity index (χ2v) is 8.64. The standard InChI is InChI=1S/C20H17F4N3O3S2/c1-10-3-6-14(11(2)7-10)25-19-26-27-20(32-19)31-9-15(28)13-5-4-12(29-17(21)22)8-16(13)30-18(23)24/h3-8,17-18H,9H2,1-2H3,(H,25,26). The van der Waals surface area contributed by atoms with E-state index in [-0.39, 0.29) is 11.3 Å². The maximum atomic E-state index is 12.7. The summed E-state index contributed by atoms with van der Waals surface area (Å²) < 4.78 is 59.1. The van der Waals surface area contributed by atoms with Crippen LogP contribution in [0.3, 0.4) is 0 Å². The van der Waals surface area contributed by atoms with Crippen LogP contribution in [0.2, 0.25) is 0 Å². The van der Waals surface area contributed by atoms with Crippen molar-refractivity contribution in [3.8, 4) is 11.5 Å². The molecule has 1 heterocycles. The smallest absolute Gasteiger partial charge is 0.387 e. The van der Waals surface area contributed by atoms with Gasteiger partial charge in [0.25, 0.3) is 0 Å². The molecule has 0 unspecified atom stereocenters. The molecule has 0 aliphatic heterocycles. The van der Waals surface area contributed by atoms with E-state index in [0.29, 0.717) is 9.47 Å². The van der Waals surface area contributed by atoms with E-state index in [1.807, 2.05) is 32.0 Å². The lowest BCUT2D eigenvalue weighted by molar-refractivity contribution is -0.0544. The Hall–Kier alpha value is -2.86. The van der Waals surface area contributed by atoms with Gasteiger partial charge in [-0.3, -0.25) is 4.79 Å². The van der Waals surface area contributed by atoms with Gasteiger partial charge in [0.15, 0.2) is 10.1 Å². The highest BCUT2D eigenvalue weighted by Crippen LogP contribution is 2.32. The number of carbonyl (C=O) groups is 1. The molecule has 0 aliphatic carbocycles. The molecule has 170 valence electrons. The van der Waals surface area contributed by atoms with Crippen molar-refractivity contribution in [2.45, 2.75) is 31.4 Å². The molecule has 0 amide bonds. The van der Waals surface area contributed by atoms with Gasteiger partial charge in [-0.15, -0.1) is 10.2 Å². The predicted octanol–water partition coefficient (Wildman–Crippen LogP) is 6.08. The van der Waals surface area contributed by atoms with Crippen molar-refractivity contribution >= 4 is 39.7 Å². The van der Waals surface area contributed by atoms with Gasteiger partial charge >= 0.3 is 13.2 Å². The molecule has 1 N–H and O–H groups in total. The molecular formula is C20H17F4N3O3S2. The summed E-state index contributed by atoms with van der Waals surface area (Å²) in [5.41, 5.74) is 2.86. The van der Waals surface area contributed by atoms with Crippen LogP contribution in [0.25, 0.3) is 0 Å². The first-order valence-corrected chi connectivity index (χ1v) is 10.9. The van der Waals surface area contributed by atoms with E-state index in [4.69, 9.17) is 0 Å². The summed E-state index contributed by atoms with van der Waals surface area (Å²) in [5, 5.41) is 11.7. The lowest BCUT2D eigenvalue weighted by Crippen LogP contribution is -2.10. The number of hydrogen-bond donors (Lipinski definition) is 1. The van der Waals surface area contributed by atoms with Gasteiger partial charge in [-0.2, -0.15) is 17.6 Å². The van der Waals surface area contributed by atoms with E-state index in [9.17, 15) is 22.4 Å². The van der Waals surface area contributed by atoms with Crippen molar-refractivity contribution in [2.24, 2.45) is 0 Å². The Morgan fingerprint density at radius 3 is 2.50 bits per heavy atom. The van der Waals surface area contributed by atoms with Crippen LogP contribution in [0.15, 0.2) is 40.7 Å². The summed E-state index contributed by atoms with van der Waals surface area (Å²) in [4.78, 5) is 12.5. The first-order valence-electron chi connectivity index (χ1n) is 9.08. The van der Waals surface area contributed by atoms with Crippen molar-refractivity contribution in [2.75, 3.05) is 11.1 Å². The predicted molar refractivity (Wildman–Crippen MR) is 114 cm³/mol. The number of hydrogen-bond acceptors (Lipinski definition) is 8. The number of rotatable bonds is 10. The van der Waals surface area contributed by atoms with Crippen molar-refractivity contribution < 1.29 is 31.8 Å². The fourth-order valence-electron chi connectivity index (χ4n) is 2.70. The minimum Gasteiger partial charge on any atom is -0.435 e. The first-order chi connectivity index (χ1) is 15.2. The summed E-state index contributed by atoms with van der Waals surface area (Å²) in [5.74, 6) is -1.63. The van der Waals surface area contributed by atoms with E-state index >= 15 is 0 Å². The van der Waals surface area contributed by atoms with Crippen LogP contribution >= 0.6 is 23.1 Å². The zero-order valence-electron chi connectivity index (χ0n) is 16.8. The van der Waals surface area contributed by atoms with Crippen molar-refractivity contribution in [1.29, 1.82) is 0 Å². The number of carbonyl (C=O) groups excluding carboxylic acids is 1. The fraction of sp³-hybridized carbons (Fsp3) is 0.250. The Kier molecular flexibility index (Phi) is 7.91. The summed E-state index contributed by atoms with van der Waals surface area (Å²) in [6.45, 7) is -2.43. The molecule has 6 nitrogen and oxygen atoms in total. The number of nitrogens with zero attached hydrogens (tertiary/aromatic N) is 2. The molecular weight excluding hydrogens is 470 g/mol. The normalized spacial score (nSPS) is 11.1. The Bertz CT molecular complexity index is 1100. The van der Waals surface area contributed by atoms with Crippen LogP contribution in [-0.2, 0) is 0 Å². The molecule has 32 heavy (non-hydrogen) atoms. The quantitative estimate of drug-likeness (QED) is 0.211. The average molecular weight is 488 g/mol. The number of benzene rings is 2. The molecule has 3 rings (SSSR count). The lowest BCUT2D eigenvalue weighted by Gasteiger charge is -2.12. The van der Waals surface area contributed by atoms with Crippen molar-refractivity contribution in [1.82, 2.24) is 10.2 Å². The third kappa shape index (κ3) is 6.57. The zero-order chi connectivity index (χ0) is 23.3. The van der Waals surface area contributed by atoms with Gasteiger partial charge in [0.1, 0.15) is 11.5 Å². The molecule has 2 aromatic carbocycles. The molecule has 0 saturated heterocycles. The Morgan fingerprint density at radius 2 is 1.81 bits per heavy atom. The maximum Gasteiger partial charge on any atom is 0.387 e. The highest BCUT2D eigenvalue weighted by Gasteiger charge is 2.19. The number of alkyl halides is 4. The number of nitrogens with one attached hydrogen (secondary N) is 1. The van der Waals surface area contributed by atoms with Gasteiger partial charge in [-0.05, 0) is 37.6 Å². The third-order valence-electron chi connectivity index (χ3n) is 4.05. The number of halogens is 4. The first kappa shape index (κ1) is 23.8. The van der Waals surface area contributed by atoms with E-state index < -0.39 is 30.5 Å². The number of anilines is 2. The van der Waals surface area contributed by atoms with Crippen LogP contribution in [0, 0.1) is 13.8 Å². The zero-order valence-corrected chi connectivity index (χ0v) is 18.4. The summed E-state index contributed by atoms with van der Waals surface area (Å²) in [6, 6.07) is 8.92. The SMILES string of the molecule is Cc1ccc(Nc2nnc(SCC(=O)c3ccc(OC(F)F)cc3OC(F)F)s2)c(C)c1. The fourth-order valence-corrected chi connectivity index (χ4v) is 4.34. The van der Waals surface area contributed by atoms with E-state index in [1.54, 1.807) is 0 Å². The van der Waals surface area contributed by atoms with E-state index in [0.717, 1.165) is 46.8 Å². The van der Waals surface area contributed by atoms with Crippen LogP contribution in [0.1, 0.15) is 21.5 Å². The number of ether oxygens (including phenoxy) is 2. The third-order valence-corrected chi connectivity index (χ3v) is 6.02. The van der Waals surface area contributed by atoms with Gasteiger partial charge in [0.2, 0.25) is 5.13 Å². The molecule has 0 bridgehead atoms. The summed E-state index contributed by atoms with van der Waals surface area (Å²) in [6.07, 6.45) is 0. The van der Waals surface area contributed by atoms with Crippen molar-refractivity contribution in [3.05, 3.63) is 53.1 Å². The van der Waals surface area contributed by atoms with Gasteiger partial charge < -0.3 is 14.8 Å². The summed E-state index contributed by atoms with van der Waals surface area (Å²) >= 11 is 2.29. The number of Topliss-reactive ketones (excluding diaryl/α,β-unsaturated/α-hetero) is 1. The van der Waals surface area contributed by atoms with Crippen LogP contribution < -0.4 is 14.8 Å². The van der Waals surface area contributed by atoms with Crippen LogP contribution in [-0.4, -0.2) is 35.0 Å². The summed E-state index contributed by atoms with van der Waals surface area (Å²) in [7, 11) is 0. The molecule has 0 spiro atoms. The highest BCUT2D eigenvalue weighted by atomic mass is 32.2. The van der Waals surface area contributed by atoms with Gasteiger partial charge in [-0.25, -0.2) is 0 Å². The molecule has 0 saturated carbocycles.